The van der Waals surface area contributed by atoms with Crippen LogP contribution in [0.15, 0.2) is 42.6 Å². The Hall–Kier alpha value is -2.23. The number of fused-ring (bicyclic) bond motifs is 1. The minimum atomic E-state index is -0.233. The highest BCUT2D eigenvalue weighted by atomic mass is 19.1. The van der Waals surface area contributed by atoms with Gasteiger partial charge in [0.25, 0.3) is 0 Å². The quantitative estimate of drug-likeness (QED) is 0.720. The van der Waals surface area contributed by atoms with Crippen molar-refractivity contribution >= 4 is 11.0 Å². The smallest absolute Gasteiger partial charge is 0.193 e. The van der Waals surface area contributed by atoms with Gasteiger partial charge in [-0.2, -0.15) is 0 Å². The van der Waals surface area contributed by atoms with Gasteiger partial charge in [-0.1, -0.05) is 0 Å². The summed E-state index contributed by atoms with van der Waals surface area (Å²) in [6.45, 7) is 0. The van der Waals surface area contributed by atoms with E-state index < -0.39 is 0 Å². The zero-order valence-electron chi connectivity index (χ0n) is 9.27. The maximum absolute atomic E-state index is 12.9. The molecule has 0 saturated carbocycles. The largest absolute Gasteiger partial charge is 0.482 e. The Morgan fingerprint density at radius 2 is 1.94 bits per heavy atom. The highest BCUT2D eigenvalue weighted by Crippen LogP contribution is 2.24. The van der Waals surface area contributed by atoms with E-state index in [0.717, 1.165) is 16.7 Å². The molecule has 0 radical (unpaired) electrons. The molecular formula is C13H11FN2O. The van der Waals surface area contributed by atoms with E-state index in [4.69, 9.17) is 4.74 Å². The zero-order chi connectivity index (χ0) is 11.8. The molecule has 0 atom stereocenters. The molecule has 86 valence electrons. The van der Waals surface area contributed by atoms with Gasteiger partial charge in [0.2, 0.25) is 0 Å². The number of hydrogen-bond acceptors (Lipinski definition) is 1. The number of aromatic nitrogens is 2. The molecule has 1 N–H and O–H groups in total. The molecule has 0 aliphatic heterocycles. The van der Waals surface area contributed by atoms with E-state index in [1.807, 2.05) is 22.9 Å². The molecule has 0 amide bonds. The first-order valence-electron chi connectivity index (χ1n) is 5.28. The second-order valence-corrected chi connectivity index (χ2v) is 3.80. The van der Waals surface area contributed by atoms with Crippen molar-refractivity contribution in [3.8, 4) is 11.6 Å². The van der Waals surface area contributed by atoms with Gasteiger partial charge in [-0.3, -0.25) is 0 Å². The molecule has 0 saturated heterocycles. The van der Waals surface area contributed by atoms with Crippen molar-refractivity contribution in [2.24, 2.45) is 0 Å². The van der Waals surface area contributed by atoms with Crippen LogP contribution in [0.2, 0.25) is 0 Å². The van der Waals surface area contributed by atoms with E-state index in [1.54, 1.807) is 19.2 Å². The molecule has 0 fully saturated rings. The lowest BCUT2D eigenvalue weighted by Crippen LogP contribution is -1.90. The summed E-state index contributed by atoms with van der Waals surface area (Å²) < 4.78 is 20.0. The first-order chi connectivity index (χ1) is 8.28. The Bertz CT molecular complexity index is 652. The number of aromatic amines is 1. The molecule has 1 aromatic carbocycles. The molecule has 3 rings (SSSR count). The van der Waals surface area contributed by atoms with Gasteiger partial charge in [0, 0.05) is 18.0 Å². The first kappa shape index (κ1) is 9.96. The minimum absolute atomic E-state index is 0.233. The van der Waals surface area contributed by atoms with Gasteiger partial charge in [0.1, 0.15) is 5.82 Å². The third-order valence-electron chi connectivity index (χ3n) is 2.78. The van der Waals surface area contributed by atoms with Gasteiger partial charge in [0.05, 0.1) is 18.1 Å². The number of hydrogen-bond donors (Lipinski definition) is 1. The number of benzene rings is 1. The Kier molecular flexibility index (Phi) is 2.14. The number of nitrogens with zero attached hydrogens (tertiary/aromatic N) is 1. The van der Waals surface area contributed by atoms with Crippen LogP contribution in [0.3, 0.4) is 0 Å². The maximum Gasteiger partial charge on any atom is 0.193 e. The molecule has 4 heteroatoms. The van der Waals surface area contributed by atoms with E-state index in [9.17, 15) is 4.39 Å². The van der Waals surface area contributed by atoms with Gasteiger partial charge in [-0.05, 0) is 30.3 Å². The third kappa shape index (κ3) is 1.58. The summed E-state index contributed by atoms with van der Waals surface area (Å²) in [7, 11) is 1.62. The maximum atomic E-state index is 12.9. The average Bonchev–Trinajstić information content (AvgIpc) is 2.89. The molecule has 2 aromatic heterocycles. The van der Waals surface area contributed by atoms with Crippen molar-refractivity contribution in [1.82, 2.24) is 9.55 Å². The monoisotopic (exact) mass is 230 g/mol. The van der Waals surface area contributed by atoms with Crippen molar-refractivity contribution in [3.05, 3.63) is 48.4 Å². The summed E-state index contributed by atoms with van der Waals surface area (Å²) in [6, 6.07) is 10.3. The van der Waals surface area contributed by atoms with Gasteiger partial charge in [-0.15, -0.1) is 0 Å². The average molecular weight is 230 g/mol. The number of halogens is 1. The molecule has 2 heterocycles. The second kappa shape index (κ2) is 3.66. The van der Waals surface area contributed by atoms with Crippen molar-refractivity contribution in [2.45, 2.75) is 0 Å². The summed E-state index contributed by atoms with van der Waals surface area (Å²) in [5, 5.41) is 0. The van der Waals surface area contributed by atoms with Crippen LogP contribution in [-0.4, -0.2) is 16.7 Å². The fraction of sp³-hybridized carbons (Fsp3) is 0.0769. The van der Waals surface area contributed by atoms with E-state index in [2.05, 4.69) is 4.98 Å². The lowest BCUT2D eigenvalue weighted by molar-refractivity contribution is 0.401. The zero-order valence-corrected chi connectivity index (χ0v) is 9.27. The highest BCUT2D eigenvalue weighted by Gasteiger charge is 2.07. The van der Waals surface area contributed by atoms with Crippen LogP contribution in [0.4, 0.5) is 4.39 Å². The van der Waals surface area contributed by atoms with Crippen LogP contribution in [0.1, 0.15) is 0 Å². The first-order valence-corrected chi connectivity index (χ1v) is 5.28. The van der Waals surface area contributed by atoms with Crippen molar-refractivity contribution in [1.29, 1.82) is 0 Å². The normalized spacial score (nSPS) is 10.9. The summed E-state index contributed by atoms with van der Waals surface area (Å²) in [6.07, 6.45) is 1.94. The van der Waals surface area contributed by atoms with Crippen LogP contribution in [0, 0.1) is 5.82 Å². The molecule has 3 nitrogen and oxygen atoms in total. The van der Waals surface area contributed by atoms with Crippen LogP contribution < -0.4 is 4.74 Å². The lowest BCUT2D eigenvalue weighted by Gasteiger charge is -2.03. The van der Waals surface area contributed by atoms with Crippen molar-refractivity contribution in [2.75, 3.05) is 7.11 Å². The predicted molar refractivity (Wildman–Crippen MR) is 64.1 cm³/mol. The van der Waals surface area contributed by atoms with Crippen LogP contribution in [-0.2, 0) is 0 Å². The number of rotatable bonds is 2. The lowest BCUT2D eigenvalue weighted by atomic mass is 10.3. The SMILES string of the molecule is COc1cc2c(ccn2-c2ccc(F)cc2)[nH]1. The Balaban J connectivity index is 2.16. The molecule has 17 heavy (non-hydrogen) atoms. The Labute approximate surface area is 97.4 Å². The fourth-order valence-electron chi connectivity index (χ4n) is 1.93. The van der Waals surface area contributed by atoms with E-state index in [-0.39, 0.29) is 5.82 Å². The predicted octanol–water partition coefficient (Wildman–Crippen LogP) is 3.11. The van der Waals surface area contributed by atoms with E-state index >= 15 is 0 Å². The fourth-order valence-corrected chi connectivity index (χ4v) is 1.93. The molecule has 0 aliphatic rings. The second-order valence-electron chi connectivity index (χ2n) is 3.80. The molecule has 0 bridgehead atoms. The van der Waals surface area contributed by atoms with Crippen molar-refractivity contribution < 1.29 is 9.13 Å². The van der Waals surface area contributed by atoms with Gasteiger partial charge >= 0.3 is 0 Å². The summed E-state index contributed by atoms with van der Waals surface area (Å²) in [5.41, 5.74) is 2.92. The van der Waals surface area contributed by atoms with Gasteiger partial charge < -0.3 is 14.3 Å². The molecule has 0 spiro atoms. The summed E-state index contributed by atoms with van der Waals surface area (Å²) in [4.78, 5) is 3.13. The number of nitrogens with one attached hydrogen (secondary N) is 1. The van der Waals surface area contributed by atoms with Crippen LogP contribution in [0.5, 0.6) is 5.88 Å². The highest BCUT2D eigenvalue weighted by molar-refractivity contribution is 5.80. The standard InChI is InChI=1S/C13H11FN2O/c1-17-13-8-12-11(15-13)6-7-16(12)10-4-2-9(14)3-5-10/h2-8,15H,1H3. The van der Waals surface area contributed by atoms with Crippen molar-refractivity contribution in [3.63, 3.8) is 0 Å². The molecular weight excluding hydrogens is 219 g/mol. The summed E-state index contributed by atoms with van der Waals surface area (Å²) in [5.74, 6) is 0.482. The number of ether oxygens (including phenoxy) is 1. The third-order valence-corrected chi connectivity index (χ3v) is 2.78. The minimum Gasteiger partial charge on any atom is -0.482 e. The van der Waals surface area contributed by atoms with Gasteiger partial charge in [-0.25, -0.2) is 4.39 Å². The summed E-state index contributed by atoms with van der Waals surface area (Å²) >= 11 is 0. The Morgan fingerprint density at radius 3 is 2.65 bits per heavy atom. The molecule has 3 aromatic rings. The number of methoxy groups -OCH3 is 1. The van der Waals surface area contributed by atoms with Gasteiger partial charge in [0.15, 0.2) is 5.88 Å². The molecule has 0 unspecified atom stereocenters. The van der Waals surface area contributed by atoms with E-state index in [1.165, 1.54) is 12.1 Å². The van der Waals surface area contributed by atoms with E-state index in [0.29, 0.717) is 5.88 Å². The topological polar surface area (TPSA) is 29.9 Å². The Morgan fingerprint density at radius 1 is 1.18 bits per heavy atom. The van der Waals surface area contributed by atoms with Crippen LogP contribution >= 0.6 is 0 Å². The van der Waals surface area contributed by atoms with Crippen LogP contribution in [0.25, 0.3) is 16.7 Å². The molecule has 0 aliphatic carbocycles. The number of H-pyrrole nitrogens is 1.